The second-order valence-electron chi connectivity index (χ2n) is 7.33. The average Bonchev–Trinajstić information content (AvgIpc) is 2.84. The van der Waals surface area contributed by atoms with Gasteiger partial charge in [0.2, 0.25) is 0 Å². The lowest BCUT2D eigenvalue weighted by molar-refractivity contribution is -0.123. The van der Waals surface area contributed by atoms with Crippen molar-refractivity contribution in [2.75, 3.05) is 6.61 Å². The maximum absolute atomic E-state index is 13.0. The highest BCUT2D eigenvalue weighted by atomic mass is 19.1. The summed E-state index contributed by atoms with van der Waals surface area (Å²) in [5.74, 6) is 0.263. The van der Waals surface area contributed by atoms with E-state index in [0.29, 0.717) is 11.7 Å². The Labute approximate surface area is 136 Å². The van der Waals surface area contributed by atoms with Crippen molar-refractivity contribution in [3.05, 3.63) is 30.1 Å². The van der Waals surface area contributed by atoms with Crippen molar-refractivity contribution in [3.63, 3.8) is 0 Å². The van der Waals surface area contributed by atoms with E-state index in [0.717, 1.165) is 18.6 Å². The summed E-state index contributed by atoms with van der Waals surface area (Å²) in [6.07, 6.45) is 3.31. The maximum atomic E-state index is 13.0. The zero-order chi connectivity index (χ0) is 16.7. The largest absolute Gasteiger partial charge is 0.484 e. The Morgan fingerprint density at radius 2 is 2.22 bits per heavy atom. The molecule has 1 aromatic rings. The second kappa shape index (κ2) is 5.62. The smallest absolute Gasteiger partial charge is 0.277 e. The van der Waals surface area contributed by atoms with E-state index in [1.807, 2.05) is 0 Å². The summed E-state index contributed by atoms with van der Waals surface area (Å²) in [5.41, 5.74) is 3.96. The summed E-state index contributed by atoms with van der Waals surface area (Å²) < 4.78 is 18.3. The molecule has 23 heavy (non-hydrogen) atoms. The predicted octanol–water partition coefficient (Wildman–Crippen LogP) is 3.52. The van der Waals surface area contributed by atoms with Gasteiger partial charge in [-0.1, -0.05) is 26.8 Å². The molecule has 2 aliphatic rings. The van der Waals surface area contributed by atoms with Gasteiger partial charge >= 0.3 is 0 Å². The molecule has 0 aliphatic heterocycles. The highest BCUT2D eigenvalue weighted by Crippen LogP contribution is 2.63. The van der Waals surface area contributed by atoms with Gasteiger partial charge in [0.25, 0.3) is 5.91 Å². The molecule has 124 valence electrons. The van der Waals surface area contributed by atoms with Gasteiger partial charge in [-0.2, -0.15) is 5.10 Å². The van der Waals surface area contributed by atoms with Crippen LogP contribution in [0.15, 0.2) is 29.4 Å². The molecule has 3 rings (SSSR count). The Hall–Kier alpha value is -1.91. The lowest BCUT2D eigenvalue weighted by Crippen LogP contribution is -2.35. The van der Waals surface area contributed by atoms with E-state index in [1.54, 1.807) is 12.1 Å². The van der Waals surface area contributed by atoms with Gasteiger partial charge in [0.15, 0.2) is 6.61 Å². The van der Waals surface area contributed by atoms with Crippen molar-refractivity contribution in [3.8, 4) is 5.75 Å². The van der Waals surface area contributed by atoms with Crippen LogP contribution in [-0.2, 0) is 4.79 Å². The van der Waals surface area contributed by atoms with Crippen LogP contribution in [0.2, 0.25) is 0 Å². The number of rotatable bonds is 4. The summed E-state index contributed by atoms with van der Waals surface area (Å²) >= 11 is 0. The number of ether oxygens (including phenoxy) is 1. The highest BCUT2D eigenvalue weighted by Gasteiger charge is 2.59. The quantitative estimate of drug-likeness (QED) is 0.864. The van der Waals surface area contributed by atoms with Gasteiger partial charge < -0.3 is 4.74 Å². The van der Waals surface area contributed by atoms with E-state index in [9.17, 15) is 9.18 Å². The summed E-state index contributed by atoms with van der Waals surface area (Å²) in [6.45, 7) is 6.65. The fraction of sp³-hybridized carbons (Fsp3) is 0.556. The van der Waals surface area contributed by atoms with Gasteiger partial charge in [0.05, 0.1) is 0 Å². The summed E-state index contributed by atoms with van der Waals surface area (Å²) in [5, 5.41) is 4.37. The molecular formula is C18H23FN2O2. The molecule has 1 N–H and O–H groups in total. The van der Waals surface area contributed by atoms with Crippen LogP contribution in [0, 0.1) is 22.6 Å². The average molecular weight is 318 g/mol. The first kappa shape index (κ1) is 16.0. The third-order valence-electron chi connectivity index (χ3n) is 5.99. The molecule has 2 unspecified atom stereocenters. The van der Waals surface area contributed by atoms with Crippen molar-refractivity contribution < 1.29 is 13.9 Å². The number of fused-ring (bicyclic) bond motifs is 2. The zero-order valence-electron chi connectivity index (χ0n) is 13.9. The minimum Gasteiger partial charge on any atom is -0.484 e. The number of carbonyl (C=O) groups is 1. The first-order chi connectivity index (χ1) is 10.8. The van der Waals surface area contributed by atoms with Crippen LogP contribution in [0.5, 0.6) is 5.75 Å². The molecule has 2 fully saturated rings. The van der Waals surface area contributed by atoms with Crippen molar-refractivity contribution in [2.24, 2.45) is 21.8 Å². The number of nitrogens with zero attached hydrogens (tertiary/aromatic N) is 1. The standard InChI is InChI=1S/C18H23FN2O2/c1-17(2)12-7-8-18(17,3)15(9-12)20-21-16(22)11-23-14-6-4-5-13(19)10-14/h4-6,10,12H,7-9,11H2,1-3H3,(H,21,22)/b20-15-. The zero-order valence-corrected chi connectivity index (χ0v) is 13.9. The summed E-state index contributed by atoms with van der Waals surface area (Å²) in [4.78, 5) is 11.9. The molecular weight excluding hydrogens is 295 g/mol. The number of benzene rings is 1. The molecule has 0 heterocycles. The van der Waals surface area contributed by atoms with Crippen molar-refractivity contribution in [1.29, 1.82) is 0 Å². The molecule has 1 amide bonds. The minimum absolute atomic E-state index is 0.0639. The van der Waals surface area contributed by atoms with Gasteiger partial charge in [0, 0.05) is 17.2 Å². The molecule has 1 aromatic carbocycles. The fourth-order valence-corrected chi connectivity index (χ4v) is 3.97. The monoisotopic (exact) mass is 318 g/mol. The van der Waals surface area contributed by atoms with Crippen molar-refractivity contribution in [1.82, 2.24) is 5.43 Å². The molecule has 2 saturated carbocycles. The topological polar surface area (TPSA) is 50.7 Å². The Balaban J connectivity index is 1.57. The highest BCUT2D eigenvalue weighted by molar-refractivity contribution is 5.95. The van der Waals surface area contributed by atoms with E-state index in [-0.39, 0.29) is 29.2 Å². The predicted molar refractivity (Wildman–Crippen MR) is 86.7 cm³/mol. The minimum atomic E-state index is -0.389. The number of carbonyl (C=O) groups excluding carboxylic acids is 1. The Morgan fingerprint density at radius 1 is 1.43 bits per heavy atom. The van der Waals surface area contributed by atoms with Gasteiger partial charge in [0.1, 0.15) is 11.6 Å². The lowest BCUT2D eigenvalue weighted by Gasteiger charge is -2.34. The van der Waals surface area contributed by atoms with Crippen molar-refractivity contribution >= 4 is 11.6 Å². The molecule has 5 heteroatoms. The van der Waals surface area contributed by atoms with Crippen LogP contribution in [0.1, 0.15) is 40.0 Å². The Kier molecular flexibility index (Phi) is 3.90. The van der Waals surface area contributed by atoms with E-state index < -0.39 is 0 Å². The number of amides is 1. The molecule has 0 aromatic heterocycles. The van der Waals surface area contributed by atoms with E-state index in [2.05, 4.69) is 31.3 Å². The maximum Gasteiger partial charge on any atom is 0.277 e. The number of hydrogen-bond acceptors (Lipinski definition) is 3. The van der Waals surface area contributed by atoms with Crippen LogP contribution in [-0.4, -0.2) is 18.2 Å². The van der Waals surface area contributed by atoms with Gasteiger partial charge in [-0.3, -0.25) is 4.79 Å². The fourth-order valence-electron chi connectivity index (χ4n) is 3.97. The third kappa shape index (κ3) is 2.73. The molecule has 4 nitrogen and oxygen atoms in total. The molecule has 2 aliphatic carbocycles. The summed E-state index contributed by atoms with van der Waals surface area (Å²) in [6, 6.07) is 5.73. The Morgan fingerprint density at radius 3 is 2.83 bits per heavy atom. The molecule has 2 bridgehead atoms. The second-order valence-corrected chi connectivity index (χ2v) is 7.33. The van der Waals surface area contributed by atoms with E-state index >= 15 is 0 Å². The van der Waals surface area contributed by atoms with Crippen LogP contribution in [0.4, 0.5) is 4.39 Å². The third-order valence-corrected chi connectivity index (χ3v) is 5.99. The number of hydrogen-bond donors (Lipinski definition) is 1. The van der Waals surface area contributed by atoms with Crippen LogP contribution >= 0.6 is 0 Å². The van der Waals surface area contributed by atoms with Gasteiger partial charge in [-0.25, -0.2) is 9.82 Å². The first-order valence-electron chi connectivity index (χ1n) is 8.07. The van der Waals surface area contributed by atoms with Gasteiger partial charge in [-0.15, -0.1) is 0 Å². The first-order valence-corrected chi connectivity index (χ1v) is 8.07. The molecule has 0 radical (unpaired) electrons. The molecule has 2 atom stereocenters. The lowest BCUT2D eigenvalue weighted by atomic mass is 9.70. The van der Waals surface area contributed by atoms with Gasteiger partial charge in [-0.05, 0) is 42.7 Å². The van der Waals surface area contributed by atoms with Crippen LogP contribution in [0.25, 0.3) is 0 Å². The summed E-state index contributed by atoms with van der Waals surface area (Å²) in [7, 11) is 0. The van der Waals surface area contributed by atoms with Crippen LogP contribution in [0.3, 0.4) is 0 Å². The number of hydrazone groups is 1. The number of halogens is 1. The van der Waals surface area contributed by atoms with Crippen molar-refractivity contribution in [2.45, 2.75) is 40.0 Å². The van der Waals surface area contributed by atoms with E-state index in [4.69, 9.17) is 4.74 Å². The molecule has 0 spiro atoms. The van der Waals surface area contributed by atoms with E-state index in [1.165, 1.54) is 18.6 Å². The SMILES string of the molecule is CC12CCC(C/C1=N/NC(=O)COc1cccc(F)c1)C2(C)C. The molecule has 0 saturated heterocycles. The normalized spacial score (nSPS) is 29.7. The Bertz CT molecular complexity index is 656. The number of nitrogens with one attached hydrogen (secondary N) is 1. The van der Waals surface area contributed by atoms with Crippen LogP contribution < -0.4 is 10.2 Å².